The van der Waals surface area contributed by atoms with Crippen LogP contribution in [0.25, 0.3) is 0 Å². The highest BCUT2D eigenvalue weighted by Gasteiger charge is 2.06. The van der Waals surface area contributed by atoms with Crippen molar-refractivity contribution in [1.29, 1.82) is 0 Å². The Labute approximate surface area is 108 Å². The second kappa shape index (κ2) is 8.48. The van der Waals surface area contributed by atoms with E-state index in [1.807, 2.05) is 31.2 Å². The van der Waals surface area contributed by atoms with Crippen molar-refractivity contribution in [3.8, 4) is 0 Å². The maximum Gasteiger partial charge on any atom is 0.0731 e. The zero-order valence-corrected chi connectivity index (χ0v) is 11.0. The van der Waals surface area contributed by atoms with Crippen LogP contribution in [0.5, 0.6) is 0 Å². The third-order valence-electron chi connectivity index (χ3n) is 2.46. The van der Waals surface area contributed by atoms with Gasteiger partial charge in [0, 0.05) is 24.8 Å². The first kappa shape index (κ1) is 14.5. The average Bonchev–Trinajstić information content (AvgIpc) is 2.35. The fraction of sp³-hybridized carbons (Fsp3) is 0.538. The summed E-state index contributed by atoms with van der Waals surface area (Å²) < 4.78 is 11.0. The molecule has 1 rings (SSSR count). The number of hydrogen-bond acceptors (Lipinski definition) is 3. The molecule has 0 heterocycles. The molecule has 1 aromatic rings. The molecule has 96 valence electrons. The molecule has 17 heavy (non-hydrogen) atoms. The standard InChI is InChI=1S/C13H20ClNO2/c1-2-17-12(9-15)7-8-16-10-11-5-3-4-6-13(11)14/h3-6,12H,2,7-10,15H2,1H3. The molecule has 0 amide bonds. The molecule has 0 aliphatic rings. The van der Waals surface area contributed by atoms with Crippen molar-refractivity contribution in [3.63, 3.8) is 0 Å². The van der Waals surface area contributed by atoms with Gasteiger partial charge in [-0.3, -0.25) is 0 Å². The zero-order chi connectivity index (χ0) is 12.5. The molecule has 2 N–H and O–H groups in total. The molecular formula is C13H20ClNO2. The third-order valence-corrected chi connectivity index (χ3v) is 2.83. The topological polar surface area (TPSA) is 44.5 Å². The Morgan fingerprint density at radius 1 is 1.35 bits per heavy atom. The summed E-state index contributed by atoms with van der Waals surface area (Å²) in [6.45, 7) is 4.35. The highest BCUT2D eigenvalue weighted by atomic mass is 35.5. The minimum absolute atomic E-state index is 0.0891. The van der Waals surface area contributed by atoms with Crippen molar-refractivity contribution in [2.75, 3.05) is 19.8 Å². The van der Waals surface area contributed by atoms with E-state index in [4.69, 9.17) is 26.8 Å². The van der Waals surface area contributed by atoms with E-state index in [-0.39, 0.29) is 6.10 Å². The number of ether oxygens (including phenoxy) is 2. The summed E-state index contributed by atoms with van der Waals surface area (Å²) in [5.41, 5.74) is 6.58. The van der Waals surface area contributed by atoms with Gasteiger partial charge in [0.15, 0.2) is 0 Å². The van der Waals surface area contributed by atoms with Crippen molar-refractivity contribution in [3.05, 3.63) is 34.9 Å². The Bertz CT molecular complexity index is 320. The molecule has 3 nitrogen and oxygen atoms in total. The number of rotatable bonds is 8. The molecule has 0 saturated heterocycles. The van der Waals surface area contributed by atoms with Gasteiger partial charge in [0.1, 0.15) is 0 Å². The largest absolute Gasteiger partial charge is 0.377 e. The molecule has 0 aliphatic carbocycles. The van der Waals surface area contributed by atoms with Gasteiger partial charge in [0.25, 0.3) is 0 Å². The molecule has 0 bridgehead atoms. The minimum Gasteiger partial charge on any atom is -0.377 e. The van der Waals surface area contributed by atoms with Crippen molar-refractivity contribution in [1.82, 2.24) is 0 Å². The lowest BCUT2D eigenvalue weighted by Gasteiger charge is -2.14. The van der Waals surface area contributed by atoms with Gasteiger partial charge in [-0.15, -0.1) is 0 Å². The number of hydrogen-bond donors (Lipinski definition) is 1. The van der Waals surface area contributed by atoms with Crippen LogP contribution < -0.4 is 5.73 Å². The summed E-state index contributed by atoms with van der Waals surface area (Å²) >= 11 is 6.02. The molecule has 4 heteroatoms. The Morgan fingerprint density at radius 3 is 2.76 bits per heavy atom. The van der Waals surface area contributed by atoms with Gasteiger partial charge < -0.3 is 15.2 Å². The second-order valence-electron chi connectivity index (χ2n) is 3.75. The fourth-order valence-corrected chi connectivity index (χ4v) is 1.71. The summed E-state index contributed by atoms with van der Waals surface area (Å²) in [6, 6.07) is 7.69. The summed E-state index contributed by atoms with van der Waals surface area (Å²) in [5, 5.41) is 0.743. The van der Waals surface area contributed by atoms with Crippen LogP contribution in [0.3, 0.4) is 0 Å². The first-order valence-electron chi connectivity index (χ1n) is 5.90. The summed E-state index contributed by atoms with van der Waals surface area (Å²) in [4.78, 5) is 0. The highest BCUT2D eigenvalue weighted by molar-refractivity contribution is 6.31. The van der Waals surface area contributed by atoms with Crippen LogP contribution >= 0.6 is 11.6 Å². The molecule has 0 aromatic heterocycles. The van der Waals surface area contributed by atoms with E-state index >= 15 is 0 Å². The predicted molar refractivity (Wildman–Crippen MR) is 70.2 cm³/mol. The van der Waals surface area contributed by atoms with Crippen LogP contribution in [0.1, 0.15) is 18.9 Å². The third kappa shape index (κ3) is 5.50. The van der Waals surface area contributed by atoms with E-state index in [0.717, 1.165) is 17.0 Å². The Kier molecular flexibility index (Phi) is 7.21. The average molecular weight is 258 g/mol. The van der Waals surface area contributed by atoms with Gasteiger partial charge in [-0.1, -0.05) is 29.8 Å². The van der Waals surface area contributed by atoms with E-state index in [1.165, 1.54) is 0 Å². The molecule has 0 aliphatic heterocycles. The van der Waals surface area contributed by atoms with Crippen molar-refractivity contribution in [2.24, 2.45) is 5.73 Å². The smallest absolute Gasteiger partial charge is 0.0731 e. The molecule has 0 spiro atoms. The lowest BCUT2D eigenvalue weighted by Crippen LogP contribution is -2.25. The lowest BCUT2D eigenvalue weighted by atomic mass is 10.2. The first-order valence-corrected chi connectivity index (χ1v) is 6.28. The van der Waals surface area contributed by atoms with Crippen LogP contribution in [0, 0.1) is 0 Å². The number of nitrogens with two attached hydrogens (primary N) is 1. The fourth-order valence-electron chi connectivity index (χ4n) is 1.52. The molecule has 1 aromatic carbocycles. The van der Waals surface area contributed by atoms with Gasteiger partial charge in [-0.2, -0.15) is 0 Å². The predicted octanol–water partition coefficient (Wildman–Crippen LogP) is 2.61. The Hall–Kier alpha value is -0.610. The Balaban J connectivity index is 2.22. The highest BCUT2D eigenvalue weighted by Crippen LogP contribution is 2.15. The van der Waals surface area contributed by atoms with E-state index in [2.05, 4.69) is 0 Å². The molecule has 1 unspecified atom stereocenters. The van der Waals surface area contributed by atoms with Gasteiger partial charge in [-0.05, 0) is 25.0 Å². The van der Waals surface area contributed by atoms with E-state index in [9.17, 15) is 0 Å². The van der Waals surface area contributed by atoms with Crippen molar-refractivity contribution in [2.45, 2.75) is 26.1 Å². The van der Waals surface area contributed by atoms with E-state index in [0.29, 0.717) is 26.4 Å². The molecule has 0 fully saturated rings. The molecular weight excluding hydrogens is 238 g/mol. The van der Waals surface area contributed by atoms with E-state index in [1.54, 1.807) is 0 Å². The maximum absolute atomic E-state index is 6.02. The summed E-state index contributed by atoms with van der Waals surface area (Å²) in [6.07, 6.45) is 0.903. The first-order chi connectivity index (χ1) is 8.27. The lowest BCUT2D eigenvalue weighted by molar-refractivity contribution is 0.0289. The van der Waals surface area contributed by atoms with E-state index < -0.39 is 0 Å². The minimum atomic E-state index is 0.0891. The van der Waals surface area contributed by atoms with Crippen molar-refractivity contribution >= 4 is 11.6 Å². The monoisotopic (exact) mass is 257 g/mol. The maximum atomic E-state index is 6.02. The van der Waals surface area contributed by atoms with Crippen molar-refractivity contribution < 1.29 is 9.47 Å². The number of halogens is 1. The van der Waals surface area contributed by atoms with Gasteiger partial charge in [0.2, 0.25) is 0 Å². The van der Waals surface area contributed by atoms with Crippen LogP contribution in [0.2, 0.25) is 5.02 Å². The SMILES string of the molecule is CCOC(CN)CCOCc1ccccc1Cl. The quantitative estimate of drug-likeness (QED) is 0.728. The molecule has 1 atom stereocenters. The van der Waals surface area contributed by atoms with Crippen LogP contribution in [0.4, 0.5) is 0 Å². The summed E-state index contributed by atoms with van der Waals surface area (Å²) in [7, 11) is 0. The van der Waals surface area contributed by atoms with Crippen LogP contribution in [-0.4, -0.2) is 25.9 Å². The molecule has 0 radical (unpaired) electrons. The summed E-state index contributed by atoms with van der Waals surface area (Å²) in [5.74, 6) is 0. The second-order valence-corrected chi connectivity index (χ2v) is 4.15. The normalized spacial score (nSPS) is 12.6. The van der Waals surface area contributed by atoms with Crippen LogP contribution in [0.15, 0.2) is 24.3 Å². The van der Waals surface area contributed by atoms with Gasteiger partial charge >= 0.3 is 0 Å². The van der Waals surface area contributed by atoms with Crippen LogP contribution in [-0.2, 0) is 16.1 Å². The molecule has 0 saturated carbocycles. The van der Waals surface area contributed by atoms with Gasteiger partial charge in [-0.25, -0.2) is 0 Å². The van der Waals surface area contributed by atoms with Gasteiger partial charge in [0.05, 0.1) is 12.7 Å². The number of benzene rings is 1. The zero-order valence-electron chi connectivity index (χ0n) is 10.2. The Morgan fingerprint density at radius 2 is 2.12 bits per heavy atom.